The number of allylic oxidation sites excluding steroid dienone is 4. The maximum Gasteiger partial charge on any atom is 0 e. The Kier molecular flexibility index (Phi) is 11.7. The van der Waals surface area contributed by atoms with Gasteiger partial charge in [0.15, 0.2) is 0 Å². The van der Waals surface area contributed by atoms with Crippen molar-refractivity contribution in [3.63, 3.8) is 0 Å². The molecular weight excluding hydrogens is 306 g/mol. The largest absolute Gasteiger partial charge is 0.875 e. The van der Waals surface area contributed by atoms with E-state index in [9.17, 15) is 5.11 Å². The molecule has 1 aliphatic rings. The molecular formula is C10H14ClN2OPd-3. The predicted molar refractivity (Wildman–Crippen MR) is 59.2 cm³/mol. The Bertz CT molecular complexity index is 252. The van der Waals surface area contributed by atoms with Crippen molar-refractivity contribution in [2.75, 3.05) is 13.1 Å². The maximum absolute atomic E-state index is 10.9. The summed E-state index contributed by atoms with van der Waals surface area (Å²) in [6, 6.07) is 0. The monoisotopic (exact) mass is 319 g/mol. The van der Waals surface area contributed by atoms with E-state index in [0.717, 1.165) is 12.0 Å². The molecule has 0 saturated heterocycles. The number of rotatable bonds is 4. The minimum atomic E-state index is 0. The Morgan fingerprint density at radius 1 is 1.53 bits per heavy atom. The van der Waals surface area contributed by atoms with Crippen LogP contribution in [-0.4, -0.2) is 13.1 Å². The van der Waals surface area contributed by atoms with E-state index in [2.05, 4.69) is 5.32 Å². The molecule has 0 amide bonds. The smallest absolute Gasteiger partial charge is 0 e. The minimum absolute atomic E-state index is 0. The van der Waals surface area contributed by atoms with E-state index in [1.54, 1.807) is 18.4 Å². The average molecular weight is 320 g/mol. The number of nitrogens with zero attached hydrogens (tertiary/aromatic N) is 1. The zero-order valence-electron chi connectivity index (χ0n) is 8.22. The molecule has 0 aliphatic heterocycles. The van der Waals surface area contributed by atoms with Crippen LogP contribution in [-0.2, 0) is 20.4 Å². The summed E-state index contributed by atoms with van der Waals surface area (Å²) in [4.78, 5) is 0. The van der Waals surface area contributed by atoms with Crippen LogP contribution in [0.3, 0.4) is 0 Å². The first-order valence-corrected chi connectivity index (χ1v) is 4.37. The normalized spacial score (nSPS) is 16.3. The molecule has 0 aromatic rings. The Balaban J connectivity index is 0. The van der Waals surface area contributed by atoms with Crippen LogP contribution in [0.5, 0.6) is 0 Å². The molecule has 0 saturated carbocycles. The van der Waals surface area contributed by atoms with Gasteiger partial charge in [-0.25, -0.2) is 0 Å². The van der Waals surface area contributed by atoms with E-state index in [0.29, 0.717) is 19.5 Å². The van der Waals surface area contributed by atoms with Crippen LogP contribution >= 0.6 is 12.4 Å². The number of hydrogen-bond donors (Lipinski definition) is 0. The molecule has 1 N–H and O–H groups in total. The van der Waals surface area contributed by atoms with Crippen LogP contribution in [0.25, 0.3) is 11.1 Å². The van der Waals surface area contributed by atoms with Crippen molar-refractivity contribution in [2.45, 2.75) is 12.8 Å². The number of hydrogen-bond acceptors (Lipinski definition) is 1. The van der Waals surface area contributed by atoms with Gasteiger partial charge < -0.3 is 16.2 Å². The van der Waals surface area contributed by atoms with E-state index >= 15 is 0 Å². The molecule has 3 nitrogen and oxygen atoms in total. The fraction of sp³-hybridized carbons (Fsp3) is 0.400. The molecule has 5 heteroatoms. The van der Waals surface area contributed by atoms with Crippen LogP contribution in [0.2, 0.25) is 0 Å². The van der Waals surface area contributed by atoms with E-state index in [-0.39, 0.29) is 38.6 Å². The van der Waals surface area contributed by atoms with Crippen LogP contribution in [0.4, 0.5) is 0 Å². The van der Waals surface area contributed by atoms with Gasteiger partial charge >= 0.3 is 0 Å². The van der Waals surface area contributed by atoms with Crippen molar-refractivity contribution in [3.05, 3.63) is 46.8 Å². The van der Waals surface area contributed by atoms with E-state index in [4.69, 9.17) is 5.73 Å². The van der Waals surface area contributed by atoms with Gasteiger partial charge in [-0.1, -0.05) is 30.2 Å². The Labute approximate surface area is 111 Å². The van der Waals surface area contributed by atoms with Gasteiger partial charge in [0, 0.05) is 20.4 Å². The van der Waals surface area contributed by atoms with Gasteiger partial charge in [-0.05, 0) is 6.42 Å². The number of nitrogens with one attached hydrogen (secondary N) is 1. The molecule has 1 aliphatic carbocycles. The molecule has 0 aromatic carbocycles. The van der Waals surface area contributed by atoms with Crippen molar-refractivity contribution < 1.29 is 25.5 Å². The summed E-state index contributed by atoms with van der Waals surface area (Å²) in [5, 5.41) is 15.1. The van der Waals surface area contributed by atoms with Crippen LogP contribution in [0.1, 0.15) is 12.8 Å². The third-order valence-electron chi connectivity index (χ3n) is 1.69. The fourth-order valence-electron chi connectivity index (χ4n) is 1.04. The van der Waals surface area contributed by atoms with Gasteiger partial charge in [0.2, 0.25) is 0 Å². The second-order valence-electron chi connectivity index (χ2n) is 2.88. The molecule has 0 unspecified atom stereocenters. The zero-order chi connectivity index (χ0) is 9.52. The molecule has 0 bridgehead atoms. The summed E-state index contributed by atoms with van der Waals surface area (Å²) in [6.07, 6.45) is 8.19. The van der Waals surface area contributed by atoms with E-state index in [1.807, 2.05) is 6.08 Å². The minimum Gasteiger partial charge on any atom is -0.875 e. The summed E-state index contributed by atoms with van der Waals surface area (Å²) in [6.45, 7) is 1.09. The third kappa shape index (κ3) is 7.64. The molecule has 0 fully saturated rings. The number of halogens is 1. The molecule has 0 spiro atoms. The Hall–Kier alpha value is -0.268. The van der Waals surface area contributed by atoms with Gasteiger partial charge in [-0.3, -0.25) is 0 Å². The molecule has 0 heterocycles. The van der Waals surface area contributed by atoms with Crippen molar-refractivity contribution >= 4 is 12.4 Å². The quantitative estimate of drug-likeness (QED) is 0.579. The first-order valence-electron chi connectivity index (χ1n) is 4.37. The van der Waals surface area contributed by atoms with Crippen molar-refractivity contribution in [3.8, 4) is 0 Å². The van der Waals surface area contributed by atoms with Crippen molar-refractivity contribution in [1.29, 1.82) is 0 Å². The summed E-state index contributed by atoms with van der Waals surface area (Å²) in [5.41, 5.74) is 7.86. The fourth-order valence-corrected chi connectivity index (χ4v) is 1.04. The van der Waals surface area contributed by atoms with Crippen LogP contribution < -0.4 is 5.11 Å². The first kappa shape index (κ1) is 17.1. The average Bonchev–Trinajstić information content (AvgIpc) is 2.13. The Morgan fingerprint density at radius 2 is 2.27 bits per heavy atom. The van der Waals surface area contributed by atoms with Gasteiger partial charge in [-0.2, -0.15) is 12.7 Å². The summed E-state index contributed by atoms with van der Waals surface area (Å²) in [7, 11) is 0. The summed E-state index contributed by atoms with van der Waals surface area (Å²) < 4.78 is 0. The van der Waals surface area contributed by atoms with Gasteiger partial charge in [0.1, 0.15) is 0 Å². The molecule has 90 valence electrons. The zero-order valence-corrected chi connectivity index (χ0v) is 10.6. The van der Waals surface area contributed by atoms with Crippen LogP contribution in [0, 0.1) is 0 Å². The standard InChI is InChI=1S/C10H14N2O.ClH.Pd/c11-5-2-6-12-8-9-3-1-4-10(13)7-9;;/h1,3-4,8,11,13H,2,5-7H2;1H;/q-2;;/p-1/b9-8-;;. The molecule has 0 atom stereocenters. The third-order valence-corrected chi connectivity index (χ3v) is 1.69. The molecule has 0 radical (unpaired) electrons. The van der Waals surface area contributed by atoms with E-state index in [1.165, 1.54) is 0 Å². The topological polar surface area (TPSA) is 61.0 Å². The second kappa shape index (κ2) is 10.3. The van der Waals surface area contributed by atoms with Gasteiger partial charge in [0.05, 0.1) is 0 Å². The second-order valence-corrected chi connectivity index (χ2v) is 2.88. The first-order chi connectivity index (χ1) is 6.33. The van der Waals surface area contributed by atoms with E-state index < -0.39 is 0 Å². The predicted octanol–water partition coefficient (Wildman–Crippen LogP) is 2.31. The maximum atomic E-state index is 10.9. The van der Waals surface area contributed by atoms with Crippen molar-refractivity contribution in [1.82, 2.24) is 0 Å². The summed E-state index contributed by atoms with van der Waals surface area (Å²) in [5.74, 6) is 0.129. The Morgan fingerprint density at radius 3 is 2.87 bits per heavy atom. The molecule has 15 heavy (non-hydrogen) atoms. The molecule has 1 rings (SSSR count). The van der Waals surface area contributed by atoms with Gasteiger partial charge in [0.25, 0.3) is 0 Å². The molecule has 0 aromatic heterocycles. The summed E-state index contributed by atoms with van der Waals surface area (Å²) >= 11 is 0. The van der Waals surface area contributed by atoms with Crippen LogP contribution in [0.15, 0.2) is 35.8 Å². The SMILES string of the molecule is Cl.[NH-]CCC[N-]/C=C1/C=CC=C([O-])C1.[Pd]. The van der Waals surface area contributed by atoms with Gasteiger partial charge in [-0.15, -0.1) is 24.7 Å². The van der Waals surface area contributed by atoms with Crippen molar-refractivity contribution in [2.24, 2.45) is 0 Å².